The Bertz CT molecular complexity index is 1100. The molecule has 1 aromatic heterocycles. The second-order valence-corrected chi connectivity index (χ2v) is 11.5. The van der Waals surface area contributed by atoms with Gasteiger partial charge in [-0.15, -0.1) is 0 Å². The number of carbonyl (C=O) groups is 1. The Balaban J connectivity index is 1.47. The number of nitro groups is 1. The molecule has 1 saturated heterocycles. The molecule has 9 heteroatoms. The van der Waals surface area contributed by atoms with Crippen molar-refractivity contribution in [3.8, 4) is 0 Å². The van der Waals surface area contributed by atoms with E-state index in [1.807, 2.05) is 31.9 Å². The maximum Gasteiger partial charge on any atom is 0.407 e. The normalized spacial score (nSPS) is 28.9. The first-order valence-corrected chi connectivity index (χ1v) is 12.5. The van der Waals surface area contributed by atoms with Crippen LogP contribution in [0.3, 0.4) is 0 Å². The van der Waals surface area contributed by atoms with Gasteiger partial charge in [-0.1, -0.05) is 6.92 Å². The first kappa shape index (κ1) is 22.9. The number of rotatable bonds is 4. The Morgan fingerprint density at radius 1 is 1.21 bits per heavy atom. The van der Waals surface area contributed by atoms with Crippen LogP contribution in [0.25, 0.3) is 10.9 Å². The standard InChI is InChI=1S/C25H35N5O4/c1-16-13-28(15-20(16)26-23(31)34-24(2,3)4)22-18-14-29(25-10-7-17(8-11-25)9-12-25)27-19(18)5-6-21(22)30(32)33/h5-6,14,16-17,20H,7-13,15H2,1-4H3,(H,26,31)/t16-,17?,20+,25?/m1/s1. The van der Waals surface area contributed by atoms with Gasteiger partial charge < -0.3 is 15.0 Å². The molecule has 2 atom stereocenters. The van der Waals surface area contributed by atoms with Gasteiger partial charge in [-0.05, 0) is 77.2 Å². The van der Waals surface area contributed by atoms with Crippen LogP contribution in [0.4, 0.5) is 16.2 Å². The molecule has 4 fully saturated rings. The Hall–Kier alpha value is -2.84. The SMILES string of the molecule is C[C@@H]1CN(c2c([N+](=O)[O-])ccc3nn(C45CCC(CC4)CC5)cc23)C[C@@H]1NC(=O)OC(C)(C)C. The molecule has 2 bridgehead atoms. The summed E-state index contributed by atoms with van der Waals surface area (Å²) < 4.78 is 7.55. The second-order valence-electron chi connectivity index (χ2n) is 11.5. The number of amides is 1. The van der Waals surface area contributed by atoms with Gasteiger partial charge in [0.25, 0.3) is 5.69 Å². The lowest BCUT2D eigenvalue weighted by Gasteiger charge is -2.46. The van der Waals surface area contributed by atoms with E-state index in [-0.39, 0.29) is 28.1 Å². The van der Waals surface area contributed by atoms with E-state index in [1.165, 1.54) is 19.3 Å². The van der Waals surface area contributed by atoms with Crippen molar-refractivity contribution in [1.29, 1.82) is 0 Å². The maximum atomic E-state index is 12.4. The summed E-state index contributed by atoms with van der Waals surface area (Å²) in [6, 6.07) is 3.19. The van der Waals surface area contributed by atoms with E-state index >= 15 is 0 Å². The molecule has 2 heterocycles. The predicted molar refractivity (Wildman–Crippen MR) is 130 cm³/mol. The summed E-state index contributed by atoms with van der Waals surface area (Å²) in [5, 5.41) is 20.7. The third-order valence-electron chi connectivity index (χ3n) is 8.01. The molecule has 3 aliphatic carbocycles. The number of nitrogens with one attached hydrogen (secondary N) is 1. The van der Waals surface area contributed by atoms with E-state index in [0.717, 1.165) is 36.1 Å². The molecule has 3 saturated carbocycles. The molecule has 34 heavy (non-hydrogen) atoms. The van der Waals surface area contributed by atoms with Crippen molar-refractivity contribution in [2.75, 3.05) is 18.0 Å². The fourth-order valence-electron chi connectivity index (χ4n) is 6.16. The van der Waals surface area contributed by atoms with E-state index in [4.69, 9.17) is 9.84 Å². The highest BCUT2D eigenvalue weighted by Gasteiger charge is 2.43. The molecular weight excluding hydrogens is 434 g/mol. The predicted octanol–water partition coefficient (Wildman–Crippen LogP) is 4.97. The molecule has 1 N–H and O–H groups in total. The highest BCUT2D eigenvalue weighted by molar-refractivity contribution is 5.97. The van der Waals surface area contributed by atoms with Crippen molar-refractivity contribution < 1.29 is 14.5 Å². The smallest absolute Gasteiger partial charge is 0.407 e. The van der Waals surface area contributed by atoms with Crippen LogP contribution < -0.4 is 10.2 Å². The lowest BCUT2D eigenvalue weighted by Crippen LogP contribution is -2.43. The molecule has 6 rings (SSSR count). The van der Waals surface area contributed by atoms with Crippen molar-refractivity contribution in [3.05, 3.63) is 28.4 Å². The zero-order valence-corrected chi connectivity index (χ0v) is 20.5. The number of nitrogens with zero attached hydrogens (tertiary/aromatic N) is 4. The van der Waals surface area contributed by atoms with Crippen LogP contribution >= 0.6 is 0 Å². The lowest BCUT2D eigenvalue weighted by atomic mass is 9.66. The number of alkyl carbamates (subject to hydrolysis) is 1. The second kappa shape index (κ2) is 8.13. The van der Waals surface area contributed by atoms with E-state index in [1.54, 1.807) is 12.1 Å². The highest BCUT2D eigenvalue weighted by atomic mass is 16.6. The number of aromatic nitrogens is 2. The molecule has 4 aliphatic rings. The average Bonchev–Trinajstić information content (AvgIpc) is 3.37. The topological polar surface area (TPSA) is 103 Å². The summed E-state index contributed by atoms with van der Waals surface area (Å²) in [6.45, 7) is 8.64. The average molecular weight is 470 g/mol. The minimum Gasteiger partial charge on any atom is -0.444 e. The van der Waals surface area contributed by atoms with Crippen LogP contribution in [-0.2, 0) is 10.3 Å². The van der Waals surface area contributed by atoms with E-state index < -0.39 is 11.7 Å². The van der Waals surface area contributed by atoms with E-state index in [9.17, 15) is 14.9 Å². The van der Waals surface area contributed by atoms with Crippen molar-refractivity contribution in [3.63, 3.8) is 0 Å². The first-order valence-electron chi connectivity index (χ1n) is 12.5. The summed E-state index contributed by atoms with van der Waals surface area (Å²) in [5.41, 5.74) is 0.942. The van der Waals surface area contributed by atoms with Crippen molar-refractivity contribution >= 4 is 28.4 Å². The summed E-state index contributed by atoms with van der Waals surface area (Å²) in [6.07, 6.45) is 8.70. The monoisotopic (exact) mass is 469 g/mol. The highest BCUT2D eigenvalue weighted by Crippen LogP contribution is 2.49. The summed E-state index contributed by atoms with van der Waals surface area (Å²) in [7, 11) is 0. The molecule has 184 valence electrons. The number of anilines is 1. The van der Waals surface area contributed by atoms with Gasteiger partial charge >= 0.3 is 6.09 Å². The van der Waals surface area contributed by atoms with Crippen LogP contribution in [0, 0.1) is 22.0 Å². The quantitative estimate of drug-likeness (QED) is 0.501. The van der Waals surface area contributed by atoms with Crippen molar-refractivity contribution in [2.45, 2.75) is 83.4 Å². The summed E-state index contributed by atoms with van der Waals surface area (Å²) in [4.78, 5) is 26.1. The fraction of sp³-hybridized carbons (Fsp3) is 0.680. The summed E-state index contributed by atoms with van der Waals surface area (Å²) >= 11 is 0. The zero-order chi connectivity index (χ0) is 24.3. The molecule has 1 amide bonds. The molecule has 1 aromatic carbocycles. The number of carbonyl (C=O) groups excluding carboxylic acids is 1. The number of nitro benzene ring substituents is 1. The van der Waals surface area contributed by atoms with Gasteiger partial charge in [-0.25, -0.2) is 4.79 Å². The van der Waals surface area contributed by atoms with Gasteiger partial charge in [0, 0.05) is 25.4 Å². The Kier molecular flexibility index (Phi) is 5.48. The number of hydrogen-bond donors (Lipinski definition) is 1. The minimum absolute atomic E-state index is 0.0406. The Morgan fingerprint density at radius 2 is 1.88 bits per heavy atom. The van der Waals surface area contributed by atoms with Crippen LogP contribution in [0.5, 0.6) is 0 Å². The van der Waals surface area contributed by atoms with E-state index in [0.29, 0.717) is 18.8 Å². The van der Waals surface area contributed by atoms with Crippen LogP contribution in [0.1, 0.15) is 66.2 Å². The molecule has 0 spiro atoms. The number of fused-ring (bicyclic) bond motifs is 4. The summed E-state index contributed by atoms with van der Waals surface area (Å²) in [5.74, 6) is 0.966. The van der Waals surface area contributed by atoms with Crippen molar-refractivity contribution in [2.24, 2.45) is 11.8 Å². The number of hydrogen-bond acceptors (Lipinski definition) is 6. The Morgan fingerprint density at radius 3 is 2.50 bits per heavy atom. The van der Waals surface area contributed by atoms with Crippen LogP contribution in [0.2, 0.25) is 0 Å². The fourth-order valence-corrected chi connectivity index (χ4v) is 6.16. The van der Waals surface area contributed by atoms with Gasteiger partial charge in [0.2, 0.25) is 0 Å². The van der Waals surface area contributed by atoms with Gasteiger partial charge in [0.1, 0.15) is 11.3 Å². The Labute approximate surface area is 200 Å². The van der Waals surface area contributed by atoms with Gasteiger partial charge in [-0.3, -0.25) is 14.8 Å². The first-order chi connectivity index (χ1) is 16.0. The molecule has 1 aliphatic heterocycles. The van der Waals surface area contributed by atoms with Crippen LogP contribution in [0.15, 0.2) is 18.3 Å². The molecular formula is C25H35N5O4. The maximum absolute atomic E-state index is 12.4. The van der Waals surface area contributed by atoms with E-state index in [2.05, 4.69) is 16.9 Å². The largest absolute Gasteiger partial charge is 0.444 e. The third kappa shape index (κ3) is 4.09. The van der Waals surface area contributed by atoms with Gasteiger partial charge in [0.15, 0.2) is 0 Å². The lowest BCUT2D eigenvalue weighted by molar-refractivity contribution is -0.384. The number of benzene rings is 1. The molecule has 2 aromatic rings. The van der Waals surface area contributed by atoms with Crippen LogP contribution in [-0.4, -0.2) is 45.5 Å². The molecule has 9 nitrogen and oxygen atoms in total. The minimum atomic E-state index is -0.581. The van der Waals surface area contributed by atoms with Gasteiger partial charge in [0.05, 0.1) is 27.4 Å². The number of ether oxygens (including phenoxy) is 1. The molecule has 0 unspecified atom stereocenters. The van der Waals surface area contributed by atoms with Crippen molar-refractivity contribution in [1.82, 2.24) is 15.1 Å². The molecule has 0 radical (unpaired) electrons. The zero-order valence-electron chi connectivity index (χ0n) is 20.5. The third-order valence-corrected chi connectivity index (χ3v) is 8.01. The van der Waals surface area contributed by atoms with Gasteiger partial charge in [-0.2, -0.15) is 5.10 Å².